The number of rotatable bonds is 6. The molecule has 170 valence electrons. The molecule has 2 N–H and O–H groups in total. The average molecular weight is 443 g/mol. The smallest absolute Gasteiger partial charge is 0.225 e. The molecule has 1 saturated heterocycles. The standard InChI is InChI=1S/C27H30N4O2/c1-19-11-22-12-20(7-8-25(22)33-19)16-31-10-4-9-27(17-31,26(28)32)13-21-5-2-3-6-24(21)23-14-29-18-30-15-23/h2-3,5-8,12,14-15,18-19H,4,9-11,13,16-17H2,1H3,(H2,28,32)/t19-,27-/m1/s1. The van der Waals surface area contributed by atoms with E-state index in [1.807, 2.05) is 24.5 Å². The van der Waals surface area contributed by atoms with Gasteiger partial charge in [0, 0.05) is 37.5 Å². The fourth-order valence-electron chi connectivity index (χ4n) is 5.39. The second-order valence-electron chi connectivity index (χ2n) is 9.49. The number of nitrogens with two attached hydrogens (primary N) is 1. The maximum atomic E-state index is 12.9. The topological polar surface area (TPSA) is 81.3 Å². The summed E-state index contributed by atoms with van der Waals surface area (Å²) in [6, 6.07) is 14.7. The highest BCUT2D eigenvalue weighted by atomic mass is 16.5. The SMILES string of the molecule is C[C@@H]1Cc2cc(CN3CCC[C@](Cc4ccccc4-c4cncnc4)(C(N)=O)C3)ccc2O1. The third kappa shape index (κ3) is 4.48. The van der Waals surface area contributed by atoms with Gasteiger partial charge in [0.05, 0.1) is 5.41 Å². The summed E-state index contributed by atoms with van der Waals surface area (Å²) in [6.07, 6.45) is 8.71. The van der Waals surface area contributed by atoms with Crippen LogP contribution in [-0.2, 0) is 24.2 Å². The first-order valence-electron chi connectivity index (χ1n) is 11.7. The molecule has 6 nitrogen and oxygen atoms in total. The van der Waals surface area contributed by atoms with Crippen LogP contribution in [0, 0.1) is 5.41 Å². The van der Waals surface area contributed by atoms with E-state index in [-0.39, 0.29) is 12.0 Å². The minimum Gasteiger partial charge on any atom is -0.490 e. The lowest BCUT2D eigenvalue weighted by Gasteiger charge is -2.41. The van der Waals surface area contributed by atoms with Gasteiger partial charge in [-0.15, -0.1) is 0 Å². The first kappa shape index (κ1) is 21.6. The first-order chi connectivity index (χ1) is 16.0. The molecule has 2 atom stereocenters. The third-order valence-corrected chi connectivity index (χ3v) is 6.96. The normalized spacial score (nSPS) is 22.5. The molecule has 33 heavy (non-hydrogen) atoms. The van der Waals surface area contributed by atoms with Gasteiger partial charge in [0.25, 0.3) is 0 Å². The van der Waals surface area contributed by atoms with E-state index in [2.05, 4.69) is 52.1 Å². The number of hydrogen-bond acceptors (Lipinski definition) is 5. The van der Waals surface area contributed by atoms with Gasteiger partial charge in [-0.2, -0.15) is 0 Å². The molecule has 1 fully saturated rings. The van der Waals surface area contributed by atoms with E-state index in [0.717, 1.165) is 54.8 Å². The van der Waals surface area contributed by atoms with Crippen LogP contribution in [-0.4, -0.2) is 40.0 Å². The molecule has 6 heteroatoms. The monoisotopic (exact) mass is 442 g/mol. The second-order valence-corrected chi connectivity index (χ2v) is 9.49. The Morgan fingerprint density at radius 3 is 2.85 bits per heavy atom. The molecular formula is C27H30N4O2. The van der Waals surface area contributed by atoms with Crippen LogP contribution in [0.5, 0.6) is 5.75 Å². The van der Waals surface area contributed by atoms with Crippen molar-refractivity contribution in [3.63, 3.8) is 0 Å². The van der Waals surface area contributed by atoms with Gasteiger partial charge in [0.15, 0.2) is 0 Å². The molecule has 3 heterocycles. The largest absolute Gasteiger partial charge is 0.490 e. The van der Waals surface area contributed by atoms with Gasteiger partial charge in [0.2, 0.25) is 5.91 Å². The van der Waals surface area contributed by atoms with Crippen LogP contribution in [0.2, 0.25) is 0 Å². The lowest BCUT2D eigenvalue weighted by Crippen LogP contribution is -2.51. The summed E-state index contributed by atoms with van der Waals surface area (Å²) >= 11 is 0. The summed E-state index contributed by atoms with van der Waals surface area (Å²) in [6.45, 7) is 4.54. The maximum Gasteiger partial charge on any atom is 0.225 e. The number of nitrogens with zero attached hydrogens (tertiary/aromatic N) is 3. The lowest BCUT2D eigenvalue weighted by atomic mass is 9.73. The molecule has 2 aromatic carbocycles. The van der Waals surface area contributed by atoms with Crippen molar-refractivity contribution in [3.8, 4) is 16.9 Å². The number of hydrogen-bond donors (Lipinski definition) is 1. The van der Waals surface area contributed by atoms with Crippen molar-refractivity contribution >= 4 is 5.91 Å². The van der Waals surface area contributed by atoms with Crippen LogP contribution in [0.15, 0.2) is 61.2 Å². The van der Waals surface area contributed by atoms with Crippen molar-refractivity contribution in [2.45, 2.75) is 45.3 Å². The van der Waals surface area contributed by atoms with Crippen LogP contribution < -0.4 is 10.5 Å². The van der Waals surface area contributed by atoms with Crippen LogP contribution in [0.1, 0.15) is 36.5 Å². The molecule has 0 spiro atoms. The maximum absolute atomic E-state index is 12.9. The van der Waals surface area contributed by atoms with Gasteiger partial charge >= 0.3 is 0 Å². The van der Waals surface area contributed by atoms with E-state index in [4.69, 9.17) is 10.5 Å². The number of aromatic nitrogens is 2. The fourth-order valence-corrected chi connectivity index (χ4v) is 5.39. The molecule has 0 radical (unpaired) electrons. The van der Waals surface area contributed by atoms with Crippen LogP contribution in [0.25, 0.3) is 11.1 Å². The molecular weight excluding hydrogens is 412 g/mol. The minimum atomic E-state index is -0.599. The lowest BCUT2D eigenvalue weighted by molar-refractivity contribution is -0.131. The fraction of sp³-hybridized carbons (Fsp3) is 0.370. The Bertz CT molecular complexity index is 1150. The van der Waals surface area contributed by atoms with Crippen molar-refractivity contribution < 1.29 is 9.53 Å². The summed E-state index contributed by atoms with van der Waals surface area (Å²) in [5.74, 6) is 0.778. The van der Waals surface area contributed by atoms with Crippen molar-refractivity contribution in [2.24, 2.45) is 11.1 Å². The van der Waals surface area contributed by atoms with Crippen LogP contribution in [0.4, 0.5) is 0 Å². The summed E-state index contributed by atoms with van der Waals surface area (Å²) in [5.41, 5.74) is 11.1. The van der Waals surface area contributed by atoms with Gasteiger partial charge in [-0.25, -0.2) is 9.97 Å². The number of fused-ring (bicyclic) bond motifs is 1. The Morgan fingerprint density at radius 1 is 1.21 bits per heavy atom. The summed E-state index contributed by atoms with van der Waals surface area (Å²) < 4.78 is 5.85. The number of benzene rings is 2. The highest BCUT2D eigenvalue weighted by Gasteiger charge is 2.41. The number of ether oxygens (including phenoxy) is 1. The Kier molecular flexibility index (Phi) is 5.85. The van der Waals surface area contributed by atoms with Crippen LogP contribution >= 0.6 is 0 Å². The molecule has 1 aromatic heterocycles. The molecule has 2 aliphatic heterocycles. The number of piperidine rings is 1. The Morgan fingerprint density at radius 2 is 2.03 bits per heavy atom. The van der Waals surface area contributed by atoms with Crippen molar-refractivity contribution in [3.05, 3.63) is 77.9 Å². The number of carbonyl (C=O) groups excluding carboxylic acids is 1. The predicted molar refractivity (Wildman–Crippen MR) is 128 cm³/mol. The average Bonchev–Trinajstić information content (AvgIpc) is 3.19. The van der Waals surface area contributed by atoms with Crippen molar-refractivity contribution in [2.75, 3.05) is 13.1 Å². The molecule has 0 saturated carbocycles. The Hall–Kier alpha value is -3.25. The molecule has 3 aromatic rings. The summed E-state index contributed by atoms with van der Waals surface area (Å²) in [5, 5.41) is 0. The van der Waals surface area contributed by atoms with Crippen molar-refractivity contribution in [1.29, 1.82) is 0 Å². The van der Waals surface area contributed by atoms with Gasteiger partial charge < -0.3 is 10.5 Å². The Balaban J connectivity index is 1.38. The van der Waals surface area contributed by atoms with Gasteiger partial charge in [0.1, 0.15) is 18.2 Å². The molecule has 1 amide bonds. The highest BCUT2D eigenvalue weighted by molar-refractivity contribution is 5.82. The molecule has 5 rings (SSSR count). The van der Waals surface area contributed by atoms with E-state index in [1.54, 1.807) is 0 Å². The highest BCUT2D eigenvalue weighted by Crippen LogP contribution is 2.37. The number of carbonyl (C=O) groups is 1. The zero-order valence-corrected chi connectivity index (χ0v) is 19.0. The van der Waals surface area contributed by atoms with Gasteiger partial charge in [-0.3, -0.25) is 9.69 Å². The molecule has 2 aliphatic rings. The Labute approximate surface area is 194 Å². The summed E-state index contributed by atoms with van der Waals surface area (Å²) in [4.78, 5) is 23.6. The molecule has 0 bridgehead atoms. The van der Waals surface area contributed by atoms with Gasteiger partial charge in [-0.1, -0.05) is 36.4 Å². The quantitative estimate of drug-likeness (QED) is 0.628. The predicted octanol–water partition coefficient (Wildman–Crippen LogP) is 3.78. The third-order valence-electron chi connectivity index (χ3n) is 6.96. The van der Waals surface area contributed by atoms with E-state index in [1.165, 1.54) is 17.5 Å². The second kappa shape index (κ2) is 8.94. The van der Waals surface area contributed by atoms with Gasteiger partial charge in [-0.05, 0) is 61.1 Å². The van der Waals surface area contributed by atoms with E-state index < -0.39 is 5.41 Å². The number of likely N-dealkylation sites (tertiary alicyclic amines) is 1. The summed E-state index contributed by atoms with van der Waals surface area (Å²) in [7, 11) is 0. The minimum absolute atomic E-state index is 0.220. The number of primary amides is 1. The molecule has 0 unspecified atom stereocenters. The zero-order valence-electron chi connectivity index (χ0n) is 19.0. The van der Waals surface area contributed by atoms with Crippen molar-refractivity contribution in [1.82, 2.24) is 14.9 Å². The number of amides is 1. The van der Waals surface area contributed by atoms with Crippen LogP contribution in [0.3, 0.4) is 0 Å². The first-order valence-corrected chi connectivity index (χ1v) is 11.7. The van der Waals surface area contributed by atoms with E-state index in [9.17, 15) is 4.79 Å². The van der Waals surface area contributed by atoms with E-state index >= 15 is 0 Å². The molecule has 0 aliphatic carbocycles. The zero-order chi connectivity index (χ0) is 22.8. The van der Waals surface area contributed by atoms with E-state index in [0.29, 0.717) is 13.0 Å².